The summed E-state index contributed by atoms with van der Waals surface area (Å²) in [5, 5.41) is 2.48. The van der Waals surface area contributed by atoms with E-state index in [9.17, 15) is 13.6 Å². The Labute approximate surface area is 113 Å². The molecule has 0 unspecified atom stereocenters. The van der Waals surface area contributed by atoms with Crippen molar-refractivity contribution in [2.75, 3.05) is 0 Å². The Balaban J connectivity index is 2.05. The number of rotatable bonds is 3. The van der Waals surface area contributed by atoms with Gasteiger partial charge in [0.15, 0.2) is 0 Å². The Hall–Kier alpha value is -2.01. The molecule has 1 aromatic heterocycles. The Bertz CT molecular complexity index is 602. The van der Waals surface area contributed by atoms with Crippen molar-refractivity contribution in [1.29, 1.82) is 0 Å². The molecule has 2 rings (SSSR count). The van der Waals surface area contributed by atoms with Crippen LogP contribution in [0.5, 0.6) is 0 Å². The smallest absolute Gasteiger partial charge is 0.254 e. The van der Waals surface area contributed by atoms with Crippen LogP contribution in [0, 0.1) is 11.6 Å². The van der Waals surface area contributed by atoms with E-state index in [-0.39, 0.29) is 23.1 Å². The molecule has 0 saturated carbocycles. The van der Waals surface area contributed by atoms with Gasteiger partial charge in [0, 0.05) is 6.54 Å². The number of pyridine rings is 1. The first-order valence-corrected chi connectivity index (χ1v) is 5.78. The summed E-state index contributed by atoms with van der Waals surface area (Å²) in [7, 11) is 0. The number of hydrogen-bond acceptors (Lipinski definition) is 2. The highest BCUT2D eigenvalue weighted by molar-refractivity contribution is 6.32. The number of nitrogens with one attached hydrogen (secondary N) is 1. The molecule has 1 N–H and O–H groups in total. The highest BCUT2D eigenvalue weighted by atomic mass is 35.5. The lowest BCUT2D eigenvalue weighted by Crippen LogP contribution is -2.23. The number of carbonyl (C=O) groups is 1. The van der Waals surface area contributed by atoms with Gasteiger partial charge in [0.05, 0.1) is 11.8 Å². The molecule has 6 heteroatoms. The van der Waals surface area contributed by atoms with Gasteiger partial charge in [-0.05, 0) is 23.8 Å². The lowest BCUT2D eigenvalue weighted by molar-refractivity contribution is 0.0950. The maximum atomic E-state index is 13.0. The van der Waals surface area contributed by atoms with E-state index in [2.05, 4.69) is 10.3 Å². The molecule has 0 aliphatic heterocycles. The molecule has 1 amide bonds. The third kappa shape index (κ3) is 3.48. The van der Waals surface area contributed by atoms with Crippen LogP contribution in [-0.2, 0) is 6.54 Å². The van der Waals surface area contributed by atoms with Gasteiger partial charge in [-0.25, -0.2) is 13.8 Å². The van der Waals surface area contributed by atoms with Crippen molar-refractivity contribution < 1.29 is 13.6 Å². The van der Waals surface area contributed by atoms with Crippen molar-refractivity contribution in [2.45, 2.75) is 6.54 Å². The second-order valence-corrected chi connectivity index (χ2v) is 4.16. The maximum absolute atomic E-state index is 13.0. The van der Waals surface area contributed by atoms with Gasteiger partial charge in [0.1, 0.15) is 16.8 Å². The average Bonchev–Trinajstić information content (AvgIpc) is 2.40. The van der Waals surface area contributed by atoms with Gasteiger partial charge >= 0.3 is 0 Å². The first-order chi connectivity index (χ1) is 9.06. The van der Waals surface area contributed by atoms with Gasteiger partial charge in [-0.1, -0.05) is 23.7 Å². The largest absolute Gasteiger partial charge is 0.348 e. The number of aromatic nitrogens is 1. The summed E-state index contributed by atoms with van der Waals surface area (Å²) in [6.45, 7) is 0.186. The van der Waals surface area contributed by atoms with Gasteiger partial charge in [0.25, 0.3) is 5.91 Å². The summed E-state index contributed by atoms with van der Waals surface area (Å²) < 4.78 is 25.7. The zero-order valence-corrected chi connectivity index (χ0v) is 10.4. The summed E-state index contributed by atoms with van der Waals surface area (Å²) in [4.78, 5) is 15.3. The number of benzene rings is 1. The van der Waals surface area contributed by atoms with E-state index < -0.39 is 11.7 Å². The lowest BCUT2D eigenvalue weighted by atomic mass is 10.2. The number of carbonyl (C=O) groups excluding carboxylic acids is 1. The molecule has 0 spiro atoms. The summed E-state index contributed by atoms with van der Waals surface area (Å²) in [6, 6.07) is 6.67. The first-order valence-electron chi connectivity index (χ1n) is 5.40. The van der Waals surface area contributed by atoms with Gasteiger partial charge in [-0.2, -0.15) is 0 Å². The molecule has 0 aliphatic carbocycles. The summed E-state index contributed by atoms with van der Waals surface area (Å²) >= 11 is 5.71. The number of hydrogen-bond donors (Lipinski definition) is 1. The van der Waals surface area contributed by atoms with Crippen LogP contribution in [-0.4, -0.2) is 10.9 Å². The van der Waals surface area contributed by atoms with E-state index in [4.69, 9.17) is 11.6 Å². The van der Waals surface area contributed by atoms with Crippen LogP contribution in [0.3, 0.4) is 0 Å². The molecule has 3 nitrogen and oxygen atoms in total. The number of halogens is 3. The number of amides is 1. The Morgan fingerprint density at radius 3 is 2.58 bits per heavy atom. The molecule has 2 aromatic rings. The monoisotopic (exact) mass is 282 g/mol. The van der Waals surface area contributed by atoms with Crippen LogP contribution < -0.4 is 5.32 Å². The first kappa shape index (κ1) is 13.4. The Kier molecular flexibility index (Phi) is 4.06. The molecule has 19 heavy (non-hydrogen) atoms. The number of nitrogens with zero attached hydrogens (tertiary/aromatic N) is 1. The highest BCUT2D eigenvalue weighted by Crippen LogP contribution is 2.13. The van der Waals surface area contributed by atoms with Crippen molar-refractivity contribution >= 4 is 17.5 Å². The van der Waals surface area contributed by atoms with Gasteiger partial charge in [-0.3, -0.25) is 4.79 Å². The molecule has 1 heterocycles. The predicted molar refractivity (Wildman–Crippen MR) is 66.8 cm³/mol. The molecule has 1 aromatic carbocycles. The summed E-state index contributed by atoms with van der Waals surface area (Å²) in [5.74, 6) is -1.54. The molecule has 0 bridgehead atoms. The van der Waals surface area contributed by atoms with Crippen molar-refractivity contribution in [3.8, 4) is 0 Å². The molecular formula is C13H9ClF2N2O. The zero-order valence-electron chi connectivity index (χ0n) is 9.66. The van der Waals surface area contributed by atoms with E-state index in [1.54, 1.807) is 12.1 Å². The fourth-order valence-electron chi connectivity index (χ4n) is 1.46. The summed E-state index contributed by atoms with van der Waals surface area (Å²) in [5.41, 5.74) is 0.680. The fraction of sp³-hybridized carbons (Fsp3) is 0.0769. The van der Waals surface area contributed by atoms with Gasteiger partial charge in [0.2, 0.25) is 0 Å². The molecular weight excluding hydrogens is 274 g/mol. The topological polar surface area (TPSA) is 42.0 Å². The normalized spacial score (nSPS) is 10.3. The third-order valence-electron chi connectivity index (χ3n) is 2.42. The maximum Gasteiger partial charge on any atom is 0.254 e. The van der Waals surface area contributed by atoms with E-state index in [0.717, 1.165) is 17.8 Å². The van der Waals surface area contributed by atoms with E-state index >= 15 is 0 Å². The van der Waals surface area contributed by atoms with Crippen LogP contribution >= 0.6 is 11.6 Å². The highest BCUT2D eigenvalue weighted by Gasteiger charge is 2.12. The molecule has 0 fully saturated rings. The van der Waals surface area contributed by atoms with Crippen LogP contribution in [0.2, 0.25) is 5.15 Å². The Morgan fingerprint density at radius 1 is 1.21 bits per heavy atom. The minimum atomic E-state index is -0.642. The SMILES string of the molecule is O=C(NCc1ccc(F)cc1)c1cc(F)cnc1Cl. The lowest BCUT2D eigenvalue weighted by Gasteiger charge is -2.06. The summed E-state index contributed by atoms with van der Waals surface area (Å²) in [6.07, 6.45) is 0.930. The van der Waals surface area contributed by atoms with Crippen LogP contribution in [0.4, 0.5) is 8.78 Å². The Morgan fingerprint density at radius 2 is 1.89 bits per heavy atom. The van der Waals surface area contributed by atoms with E-state index in [1.165, 1.54) is 12.1 Å². The molecule has 98 valence electrons. The van der Waals surface area contributed by atoms with Crippen molar-refractivity contribution in [3.05, 3.63) is 64.4 Å². The predicted octanol–water partition coefficient (Wildman–Crippen LogP) is 2.94. The fourth-order valence-corrected chi connectivity index (χ4v) is 1.65. The van der Waals surface area contributed by atoms with Crippen molar-refractivity contribution in [2.24, 2.45) is 0 Å². The molecule has 0 radical (unpaired) electrons. The minimum absolute atomic E-state index is 0.0382. The van der Waals surface area contributed by atoms with Crippen LogP contribution in [0.15, 0.2) is 36.5 Å². The van der Waals surface area contributed by atoms with Crippen molar-refractivity contribution in [3.63, 3.8) is 0 Å². The van der Waals surface area contributed by atoms with Crippen LogP contribution in [0.1, 0.15) is 15.9 Å². The quantitative estimate of drug-likeness (QED) is 0.880. The molecule has 0 atom stereocenters. The second kappa shape index (κ2) is 5.75. The minimum Gasteiger partial charge on any atom is -0.348 e. The average molecular weight is 283 g/mol. The van der Waals surface area contributed by atoms with Gasteiger partial charge in [-0.15, -0.1) is 0 Å². The standard InChI is InChI=1S/C13H9ClF2N2O/c14-12-11(5-10(16)7-17-12)13(19)18-6-8-1-3-9(15)4-2-8/h1-5,7H,6H2,(H,18,19). The molecule has 0 saturated heterocycles. The third-order valence-corrected chi connectivity index (χ3v) is 2.72. The van der Waals surface area contributed by atoms with E-state index in [0.29, 0.717) is 0 Å². The van der Waals surface area contributed by atoms with Gasteiger partial charge < -0.3 is 5.32 Å². The molecule has 0 aliphatic rings. The van der Waals surface area contributed by atoms with Crippen molar-refractivity contribution in [1.82, 2.24) is 10.3 Å². The second-order valence-electron chi connectivity index (χ2n) is 3.80. The van der Waals surface area contributed by atoms with E-state index in [1.807, 2.05) is 0 Å². The van der Waals surface area contributed by atoms with Crippen LogP contribution in [0.25, 0.3) is 0 Å². The zero-order chi connectivity index (χ0) is 13.8.